The lowest BCUT2D eigenvalue weighted by Crippen LogP contribution is -2.47. The Bertz CT molecular complexity index is 1220. The molecule has 0 radical (unpaired) electrons. The van der Waals surface area contributed by atoms with E-state index in [1.54, 1.807) is 11.6 Å². The summed E-state index contributed by atoms with van der Waals surface area (Å²) in [5.41, 5.74) is 1.77. The minimum absolute atomic E-state index is 0.0584. The number of ether oxygens (including phenoxy) is 1. The lowest BCUT2D eigenvalue weighted by molar-refractivity contribution is -0.135. The molecule has 3 atom stereocenters. The highest BCUT2D eigenvalue weighted by atomic mass is 16.6. The number of aryl methyl sites for hydroxylation is 1. The zero-order chi connectivity index (χ0) is 26.2. The van der Waals surface area contributed by atoms with E-state index in [2.05, 4.69) is 18.3 Å². The fraction of sp³-hybridized carbons (Fsp3) is 0.630. The van der Waals surface area contributed by atoms with E-state index in [-0.39, 0.29) is 36.1 Å². The van der Waals surface area contributed by atoms with E-state index in [1.165, 1.54) is 4.57 Å². The lowest BCUT2D eigenvalue weighted by Gasteiger charge is -2.40. The van der Waals surface area contributed by atoms with Crippen molar-refractivity contribution < 1.29 is 19.1 Å². The van der Waals surface area contributed by atoms with Crippen LogP contribution in [0, 0.1) is 0 Å². The molecule has 9 nitrogen and oxygen atoms in total. The van der Waals surface area contributed by atoms with Crippen LogP contribution in [0.2, 0.25) is 0 Å². The van der Waals surface area contributed by atoms with Crippen molar-refractivity contribution in [2.24, 2.45) is 7.05 Å². The second kappa shape index (κ2) is 10.1. The number of piperidine rings is 2. The Hall–Kier alpha value is -3.10. The van der Waals surface area contributed by atoms with Crippen LogP contribution < -0.4 is 11.0 Å². The summed E-state index contributed by atoms with van der Waals surface area (Å²) in [6.07, 6.45) is 4.76. The average Bonchev–Trinajstić information content (AvgIpc) is 3.06. The summed E-state index contributed by atoms with van der Waals surface area (Å²) in [6, 6.07) is 5.21. The Morgan fingerprint density at radius 3 is 2.58 bits per heavy atom. The second-order valence-electron chi connectivity index (χ2n) is 11.1. The SMILES string of the molecule is CCCCC1CC(c2cccc3c2n(C)c(=O)n3C2CCC(=O)NC2=O)CCN1C(=O)OC(C)(C)C. The molecule has 1 N–H and O–H groups in total. The van der Waals surface area contributed by atoms with E-state index in [4.69, 9.17) is 4.74 Å². The molecular formula is C27H38N4O5. The molecule has 1 aromatic carbocycles. The summed E-state index contributed by atoms with van der Waals surface area (Å²) in [5.74, 6) is -0.575. The number of aromatic nitrogens is 2. The van der Waals surface area contributed by atoms with Crippen molar-refractivity contribution in [2.75, 3.05) is 6.54 Å². The highest BCUT2D eigenvalue weighted by molar-refractivity contribution is 6.00. The second-order valence-corrected chi connectivity index (χ2v) is 11.1. The van der Waals surface area contributed by atoms with Crippen molar-refractivity contribution >= 4 is 28.9 Å². The van der Waals surface area contributed by atoms with Crippen LogP contribution in [0.4, 0.5) is 4.79 Å². The van der Waals surface area contributed by atoms with Gasteiger partial charge in [-0.05, 0) is 64.0 Å². The van der Waals surface area contributed by atoms with Crippen LogP contribution in [-0.4, -0.2) is 50.1 Å². The molecule has 0 aliphatic carbocycles. The number of rotatable bonds is 5. The number of likely N-dealkylation sites (tertiary alicyclic amines) is 1. The first-order chi connectivity index (χ1) is 17.0. The molecule has 4 rings (SSSR count). The number of hydrogen-bond donors (Lipinski definition) is 1. The van der Waals surface area contributed by atoms with Crippen LogP contribution in [-0.2, 0) is 21.4 Å². The summed E-state index contributed by atoms with van der Waals surface area (Å²) < 4.78 is 8.85. The van der Waals surface area contributed by atoms with Crippen molar-refractivity contribution in [3.05, 3.63) is 34.2 Å². The van der Waals surface area contributed by atoms with Gasteiger partial charge < -0.3 is 9.64 Å². The number of unbranched alkanes of at least 4 members (excludes halogenated alkanes) is 1. The Kier molecular flexibility index (Phi) is 7.29. The highest BCUT2D eigenvalue weighted by Gasteiger charge is 2.36. The van der Waals surface area contributed by atoms with Gasteiger partial charge in [-0.2, -0.15) is 0 Å². The fourth-order valence-corrected chi connectivity index (χ4v) is 5.64. The number of imide groups is 1. The van der Waals surface area contributed by atoms with E-state index >= 15 is 0 Å². The molecule has 1 aromatic heterocycles. The molecule has 3 heterocycles. The topological polar surface area (TPSA) is 103 Å². The van der Waals surface area contributed by atoms with Gasteiger partial charge in [0.1, 0.15) is 11.6 Å². The number of fused-ring (bicyclic) bond motifs is 1. The zero-order valence-corrected chi connectivity index (χ0v) is 22.0. The van der Waals surface area contributed by atoms with Gasteiger partial charge >= 0.3 is 11.8 Å². The third-order valence-electron chi connectivity index (χ3n) is 7.33. The number of para-hydroxylation sites is 1. The molecule has 196 valence electrons. The van der Waals surface area contributed by atoms with Gasteiger partial charge in [0, 0.05) is 26.1 Å². The number of nitrogens with zero attached hydrogens (tertiary/aromatic N) is 3. The number of benzene rings is 1. The molecule has 2 aliphatic heterocycles. The monoisotopic (exact) mass is 498 g/mol. The quantitative estimate of drug-likeness (QED) is 0.628. The van der Waals surface area contributed by atoms with Crippen LogP contribution >= 0.6 is 0 Å². The summed E-state index contributed by atoms with van der Waals surface area (Å²) in [7, 11) is 1.74. The molecule has 3 unspecified atom stereocenters. The van der Waals surface area contributed by atoms with Crippen LogP contribution in [0.5, 0.6) is 0 Å². The minimum atomic E-state index is -0.708. The Balaban J connectivity index is 1.68. The lowest BCUT2D eigenvalue weighted by atomic mass is 9.83. The molecule has 2 saturated heterocycles. The Morgan fingerprint density at radius 2 is 1.92 bits per heavy atom. The summed E-state index contributed by atoms with van der Waals surface area (Å²) >= 11 is 0. The van der Waals surface area contributed by atoms with Crippen molar-refractivity contribution in [3.8, 4) is 0 Å². The van der Waals surface area contributed by atoms with Gasteiger partial charge in [0.05, 0.1) is 11.0 Å². The van der Waals surface area contributed by atoms with Gasteiger partial charge in [-0.3, -0.25) is 24.0 Å². The van der Waals surface area contributed by atoms with Crippen LogP contribution in [0.15, 0.2) is 23.0 Å². The van der Waals surface area contributed by atoms with Crippen LogP contribution in [0.25, 0.3) is 11.0 Å². The minimum Gasteiger partial charge on any atom is -0.444 e. The van der Waals surface area contributed by atoms with Gasteiger partial charge in [0.2, 0.25) is 11.8 Å². The van der Waals surface area contributed by atoms with E-state index in [0.29, 0.717) is 18.5 Å². The summed E-state index contributed by atoms with van der Waals surface area (Å²) in [5, 5.41) is 2.37. The molecule has 2 fully saturated rings. The average molecular weight is 499 g/mol. The number of carbonyl (C=O) groups is 3. The highest BCUT2D eigenvalue weighted by Crippen LogP contribution is 2.38. The number of hydrogen-bond acceptors (Lipinski definition) is 5. The molecule has 3 amide bonds. The van der Waals surface area contributed by atoms with E-state index in [9.17, 15) is 19.2 Å². The van der Waals surface area contributed by atoms with Crippen LogP contribution in [0.1, 0.15) is 90.2 Å². The maximum absolute atomic E-state index is 13.3. The predicted molar refractivity (Wildman–Crippen MR) is 137 cm³/mol. The third kappa shape index (κ3) is 5.06. The Morgan fingerprint density at radius 1 is 1.17 bits per heavy atom. The first kappa shape index (κ1) is 26.0. The standard InChI is InChI=1S/C27H38N4O5/c1-6-7-9-18-16-17(14-15-30(18)26(35)36-27(2,3)4)19-10-8-11-20-23(19)29(5)25(34)31(20)21-12-13-22(32)28-24(21)33/h8,10-11,17-18,21H,6-7,9,12-16H2,1-5H3,(H,28,32,33). The summed E-state index contributed by atoms with van der Waals surface area (Å²) in [6.45, 7) is 8.38. The molecule has 0 saturated carbocycles. The normalized spacial score (nSPS) is 23.1. The zero-order valence-electron chi connectivity index (χ0n) is 22.0. The maximum Gasteiger partial charge on any atom is 0.410 e. The summed E-state index contributed by atoms with van der Waals surface area (Å²) in [4.78, 5) is 52.4. The molecule has 0 bridgehead atoms. The van der Waals surface area contributed by atoms with Crippen molar-refractivity contribution in [1.29, 1.82) is 0 Å². The number of nitrogens with one attached hydrogen (secondary N) is 1. The van der Waals surface area contributed by atoms with E-state index in [0.717, 1.165) is 43.2 Å². The molecular weight excluding hydrogens is 460 g/mol. The number of carbonyl (C=O) groups excluding carboxylic acids is 3. The Labute approximate surface area is 211 Å². The first-order valence-corrected chi connectivity index (χ1v) is 13.0. The molecule has 0 spiro atoms. The van der Waals surface area contributed by atoms with Gasteiger partial charge in [-0.25, -0.2) is 9.59 Å². The van der Waals surface area contributed by atoms with Crippen molar-refractivity contribution in [3.63, 3.8) is 0 Å². The van der Waals surface area contributed by atoms with Crippen LogP contribution in [0.3, 0.4) is 0 Å². The van der Waals surface area contributed by atoms with Gasteiger partial charge in [0.25, 0.3) is 0 Å². The first-order valence-electron chi connectivity index (χ1n) is 13.0. The number of imidazole rings is 1. The molecule has 2 aromatic rings. The van der Waals surface area contributed by atoms with E-state index < -0.39 is 17.6 Å². The molecule has 2 aliphatic rings. The smallest absolute Gasteiger partial charge is 0.410 e. The fourth-order valence-electron chi connectivity index (χ4n) is 5.64. The van der Waals surface area contributed by atoms with Gasteiger partial charge in [-0.1, -0.05) is 31.9 Å². The van der Waals surface area contributed by atoms with Gasteiger partial charge in [-0.15, -0.1) is 0 Å². The largest absolute Gasteiger partial charge is 0.444 e. The van der Waals surface area contributed by atoms with Gasteiger partial charge in [0.15, 0.2) is 0 Å². The van der Waals surface area contributed by atoms with Crippen molar-refractivity contribution in [1.82, 2.24) is 19.4 Å². The van der Waals surface area contributed by atoms with E-state index in [1.807, 2.05) is 37.8 Å². The predicted octanol–water partition coefficient (Wildman–Crippen LogP) is 3.99. The van der Waals surface area contributed by atoms with Crippen molar-refractivity contribution in [2.45, 2.75) is 96.2 Å². The maximum atomic E-state index is 13.3. The molecule has 36 heavy (non-hydrogen) atoms. The third-order valence-corrected chi connectivity index (χ3v) is 7.33. The number of amides is 3. The molecule has 9 heteroatoms.